The van der Waals surface area contributed by atoms with Crippen molar-refractivity contribution in [1.82, 2.24) is 0 Å². The summed E-state index contributed by atoms with van der Waals surface area (Å²) in [7, 11) is 0. The van der Waals surface area contributed by atoms with E-state index in [1.165, 1.54) is 0 Å². The van der Waals surface area contributed by atoms with Gasteiger partial charge in [-0.3, -0.25) is 0 Å². The molecule has 0 N–H and O–H groups in total. The van der Waals surface area contributed by atoms with Crippen LogP contribution in [0, 0.1) is 5.92 Å². The van der Waals surface area contributed by atoms with Gasteiger partial charge in [-0.25, -0.2) is 0 Å². The zero-order chi connectivity index (χ0) is 10.8. The molecule has 0 bridgehead atoms. The maximum absolute atomic E-state index is 11.6. The molecule has 1 aromatic rings. The van der Waals surface area contributed by atoms with E-state index in [0.717, 1.165) is 11.0 Å². The van der Waals surface area contributed by atoms with Crippen molar-refractivity contribution < 1.29 is 9.53 Å². The van der Waals surface area contributed by atoms with Crippen molar-refractivity contribution in [2.75, 3.05) is 11.5 Å². The summed E-state index contributed by atoms with van der Waals surface area (Å²) in [5.74, 6) is 0.494. The summed E-state index contributed by atoms with van der Waals surface area (Å²) in [5, 5.41) is 0. The monoisotopic (exact) mass is 273 g/mol. The molecule has 1 aliphatic rings. The average molecular weight is 272 g/mol. The Kier molecular flexibility index (Phi) is 3.17. The number of ether oxygens (including phenoxy) is 1. The molecule has 15 heavy (non-hydrogen) atoms. The molecule has 4 heteroatoms. The molecule has 1 amide bonds. The van der Waals surface area contributed by atoms with E-state index in [4.69, 9.17) is 4.74 Å². The Labute approximate surface area is 95.8 Å². The molecule has 1 fully saturated rings. The van der Waals surface area contributed by atoms with Crippen LogP contribution in [0.1, 0.15) is 20.3 Å². The van der Waals surface area contributed by atoms with Crippen molar-refractivity contribution in [3.8, 4) is 0 Å². The van der Waals surface area contributed by atoms with Crippen molar-refractivity contribution in [1.29, 1.82) is 0 Å². The van der Waals surface area contributed by atoms with Crippen LogP contribution in [0.2, 0.25) is 0 Å². The van der Waals surface area contributed by atoms with E-state index in [-0.39, 0.29) is 12.1 Å². The van der Waals surface area contributed by atoms with Crippen LogP contribution in [0.4, 0.5) is 9.36 Å². The number of hydrogen-bond donors (Lipinski definition) is 0. The summed E-state index contributed by atoms with van der Waals surface area (Å²) in [4.78, 5) is 15.6. The number of hydrogen-bond acceptors (Lipinski definition) is 2. The number of carbonyl (C=O) groups excluding carboxylic acids is 1. The van der Waals surface area contributed by atoms with E-state index >= 15 is 0 Å². The van der Waals surface area contributed by atoms with Crippen LogP contribution in [0.5, 0.6) is 0 Å². The number of nitrogens with zero attached hydrogens (tertiary/aromatic N) is 1. The molecule has 0 spiro atoms. The van der Waals surface area contributed by atoms with Crippen LogP contribution < -0.4 is 4.90 Å². The number of cyclic esters (lactones) is 1. The minimum atomic E-state index is -0.169. The summed E-state index contributed by atoms with van der Waals surface area (Å²) in [5.41, 5.74) is 0. The van der Waals surface area contributed by atoms with Crippen molar-refractivity contribution in [2.45, 2.75) is 26.3 Å². The van der Waals surface area contributed by atoms with Crippen LogP contribution in [-0.4, -0.2) is 33.2 Å². The molecule has 0 unspecified atom stereocenters. The Morgan fingerprint density at radius 2 is 2.53 bits per heavy atom. The van der Waals surface area contributed by atoms with Crippen molar-refractivity contribution in [3.05, 3.63) is 17.1 Å². The predicted octanol–water partition coefficient (Wildman–Crippen LogP) is 2.11. The summed E-state index contributed by atoms with van der Waals surface area (Å²) in [6, 6.07) is 4.28. The second kappa shape index (κ2) is 4.42. The predicted molar refractivity (Wildman–Crippen MR) is 60.5 cm³/mol. The molecule has 2 atom stereocenters. The van der Waals surface area contributed by atoms with Gasteiger partial charge >= 0.3 is 95.5 Å². The van der Waals surface area contributed by atoms with Gasteiger partial charge in [0.2, 0.25) is 0 Å². The van der Waals surface area contributed by atoms with Gasteiger partial charge in [0.1, 0.15) is 0 Å². The molecule has 1 saturated heterocycles. The van der Waals surface area contributed by atoms with Crippen LogP contribution in [-0.2, 0) is 4.74 Å². The summed E-state index contributed by atoms with van der Waals surface area (Å²) < 4.78 is 6.28. The van der Waals surface area contributed by atoms with E-state index < -0.39 is 0 Å². The van der Waals surface area contributed by atoms with Gasteiger partial charge in [0.25, 0.3) is 0 Å². The Hall–Kier alpha value is -0.731. The van der Waals surface area contributed by atoms with Gasteiger partial charge in [-0.15, -0.1) is 0 Å². The van der Waals surface area contributed by atoms with Crippen LogP contribution >= 0.6 is 0 Å². The van der Waals surface area contributed by atoms with Crippen LogP contribution in [0.3, 0.4) is 0 Å². The molecule has 1 aromatic heterocycles. The third-order valence-electron chi connectivity index (χ3n) is 2.95. The van der Waals surface area contributed by atoms with Crippen LogP contribution in [0.25, 0.3) is 0 Å². The minimum absolute atomic E-state index is 0.169. The maximum atomic E-state index is 11.6. The Morgan fingerprint density at radius 1 is 1.73 bits per heavy atom. The third-order valence-corrected chi connectivity index (χ3v) is 4.77. The van der Waals surface area contributed by atoms with E-state index in [1.54, 1.807) is 0 Å². The molecule has 82 valence electrons. The number of carbonyl (C=O) groups is 1. The van der Waals surface area contributed by atoms with E-state index in [1.807, 2.05) is 17.0 Å². The first-order valence-electron chi connectivity index (χ1n) is 5.23. The Morgan fingerprint density at radius 3 is 3.13 bits per heavy atom. The molecule has 2 rings (SSSR count). The van der Waals surface area contributed by atoms with Gasteiger partial charge in [0.15, 0.2) is 0 Å². The third kappa shape index (κ3) is 1.97. The molecule has 3 nitrogen and oxygen atoms in total. The second-order valence-electron chi connectivity index (χ2n) is 3.85. The van der Waals surface area contributed by atoms with E-state index in [2.05, 4.69) is 18.8 Å². The number of anilines is 1. The topological polar surface area (TPSA) is 29.5 Å². The second-order valence-corrected chi connectivity index (χ2v) is 5.79. The number of rotatable bonds is 3. The van der Waals surface area contributed by atoms with Gasteiger partial charge < -0.3 is 0 Å². The standard InChI is InChI=1S/C11H15NO2Se/c1-3-8(2)9-7-14-11(13)12(9)10-5-4-6-15-10/h4-6,8-9H,3,7H2,1-2H3/t8-,9-/m1/s1. The molecule has 0 saturated carbocycles. The van der Waals surface area contributed by atoms with E-state index in [9.17, 15) is 4.79 Å². The normalized spacial score (nSPS) is 22.9. The molecule has 1 aliphatic heterocycles. The van der Waals surface area contributed by atoms with Gasteiger partial charge in [0.05, 0.1) is 0 Å². The molecule has 0 aliphatic carbocycles. The Bertz CT molecular complexity index is 336. The molecule has 0 aromatic carbocycles. The summed E-state index contributed by atoms with van der Waals surface area (Å²) >= 11 is 0.301. The molecule has 2 heterocycles. The summed E-state index contributed by atoms with van der Waals surface area (Å²) in [6.45, 7) is 4.87. The fourth-order valence-electron chi connectivity index (χ4n) is 1.79. The quantitative estimate of drug-likeness (QED) is 0.789. The van der Waals surface area contributed by atoms with Crippen LogP contribution in [0.15, 0.2) is 17.1 Å². The molecular formula is C11H15NO2Se. The SMILES string of the molecule is CC[C@@H](C)[C@H]1COC(=O)N1c1ccc[se]1. The Balaban J connectivity index is 2.23. The molecular weight excluding hydrogens is 257 g/mol. The van der Waals surface area contributed by atoms with Crippen molar-refractivity contribution >= 4 is 25.2 Å². The van der Waals surface area contributed by atoms with E-state index in [0.29, 0.717) is 27.0 Å². The number of amides is 1. The van der Waals surface area contributed by atoms with Crippen molar-refractivity contribution in [2.24, 2.45) is 5.92 Å². The van der Waals surface area contributed by atoms with Crippen molar-refractivity contribution in [3.63, 3.8) is 0 Å². The summed E-state index contributed by atoms with van der Waals surface area (Å²) in [6.07, 6.45) is 0.906. The first-order chi connectivity index (χ1) is 7.24. The fourth-order valence-corrected chi connectivity index (χ4v) is 3.42. The first kappa shape index (κ1) is 10.8. The van der Waals surface area contributed by atoms with Gasteiger partial charge in [-0.05, 0) is 0 Å². The average Bonchev–Trinajstić information content (AvgIpc) is 2.85. The zero-order valence-corrected chi connectivity index (χ0v) is 10.7. The zero-order valence-electron chi connectivity index (χ0n) is 8.97. The first-order valence-corrected chi connectivity index (χ1v) is 7.08. The van der Waals surface area contributed by atoms with Gasteiger partial charge in [-0.1, -0.05) is 0 Å². The van der Waals surface area contributed by atoms with Gasteiger partial charge in [0, 0.05) is 0 Å². The molecule has 0 radical (unpaired) electrons. The van der Waals surface area contributed by atoms with Gasteiger partial charge in [-0.2, -0.15) is 0 Å². The fraction of sp³-hybridized carbons (Fsp3) is 0.545.